The fourth-order valence-corrected chi connectivity index (χ4v) is 1.84. The minimum absolute atomic E-state index is 0.326. The van der Waals surface area contributed by atoms with Gasteiger partial charge in [0.1, 0.15) is 0 Å². The molecule has 1 heterocycles. The van der Waals surface area contributed by atoms with E-state index in [1.165, 1.54) is 9.80 Å². The number of amides is 2. The van der Waals surface area contributed by atoms with Crippen LogP contribution in [-0.4, -0.2) is 58.4 Å². The lowest BCUT2D eigenvalue weighted by Gasteiger charge is -2.35. The standard InChI is InChI=1S/C9H13Cl3N2O3/c1-2-17-8(16)14-5-3-13(4-6-14)7(15)9(10,11)12/h2-6H2,1H3. The molecule has 1 fully saturated rings. The summed E-state index contributed by atoms with van der Waals surface area (Å²) in [4.78, 5) is 25.9. The summed E-state index contributed by atoms with van der Waals surface area (Å²) in [5.74, 6) is -0.564. The van der Waals surface area contributed by atoms with Crippen LogP contribution in [0.25, 0.3) is 0 Å². The molecule has 2 amide bonds. The van der Waals surface area contributed by atoms with Crippen molar-refractivity contribution in [3.8, 4) is 0 Å². The van der Waals surface area contributed by atoms with Gasteiger partial charge in [-0.2, -0.15) is 0 Å². The molecular formula is C9H13Cl3N2O3. The summed E-state index contributed by atoms with van der Waals surface area (Å²) in [7, 11) is 0. The van der Waals surface area contributed by atoms with Gasteiger partial charge in [0.25, 0.3) is 9.70 Å². The predicted octanol–water partition coefficient (Wildman–Crippen LogP) is 1.66. The Bertz CT molecular complexity index is 298. The zero-order valence-corrected chi connectivity index (χ0v) is 11.6. The van der Waals surface area contributed by atoms with Crippen LogP contribution < -0.4 is 0 Å². The summed E-state index contributed by atoms with van der Waals surface area (Å²) in [5.41, 5.74) is 0. The van der Waals surface area contributed by atoms with E-state index in [0.29, 0.717) is 32.8 Å². The first-order valence-corrected chi connectivity index (χ1v) is 6.27. The van der Waals surface area contributed by atoms with E-state index in [9.17, 15) is 9.59 Å². The number of hydrogen-bond acceptors (Lipinski definition) is 3. The maximum absolute atomic E-state index is 11.6. The van der Waals surface area contributed by atoms with Gasteiger partial charge < -0.3 is 14.5 Å². The fraction of sp³-hybridized carbons (Fsp3) is 0.778. The van der Waals surface area contributed by atoms with Crippen LogP contribution in [0.5, 0.6) is 0 Å². The first kappa shape index (κ1) is 14.7. The smallest absolute Gasteiger partial charge is 0.409 e. The first-order valence-electron chi connectivity index (χ1n) is 5.14. The van der Waals surface area contributed by atoms with Gasteiger partial charge in [-0.25, -0.2) is 4.79 Å². The maximum atomic E-state index is 11.6. The number of carbonyl (C=O) groups excluding carboxylic acids is 2. The number of ether oxygens (including phenoxy) is 1. The maximum Gasteiger partial charge on any atom is 0.409 e. The number of alkyl halides is 3. The van der Waals surface area contributed by atoms with Gasteiger partial charge in [0, 0.05) is 26.2 Å². The molecular weight excluding hydrogens is 290 g/mol. The highest BCUT2D eigenvalue weighted by Gasteiger charge is 2.37. The van der Waals surface area contributed by atoms with E-state index >= 15 is 0 Å². The highest BCUT2D eigenvalue weighted by molar-refractivity contribution is 6.76. The molecule has 5 nitrogen and oxygen atoms in total. The molecule has 0 aromatic heterocycles. The van der Waals surface area contributed by atoms with Gasteiger partial charge >= 0.3 is 6.09 Å². The number of nitrogens with zero attached hydrogens (tertiary/aromatic N) is 2. The second-order valence-corrected chi connectivity index (χ2v) is 5.76. The van der Waals surface area contributed by atoms with Gasteiger partial charge in [-0.1, -0.05) is 34.8 Å². The molecule has 0 saturated carbocycles. The predicted molar refractivity (Wildman–Crippen MR) is 65.5 cm³/mol. The molecule has 0 aliphatic carbocycles. The van der Waals surface area contributed by atoms with Crippen molar-refractivity contribution in [2.24, 2.45) is 0 Å². The Morgan fingerprint density at radius 3 is 2.00 bits per heavy atom. The van der Waals surface area contributed by atoms with E-state index in [1.54, 1.807) is 6.92 Å². The van der Waals surface area contributed by atoms with E-state index in [4.69, 9.17) is 39.5 Å². The molecule has 0 unspecified atom stereocenters. The van der Waals surface area contributed by atoms with Gasteiger partial charge in [-0.05, 0) is 6.92 Å². The average molecular weight is 304 g/mol. The third-order valence-corrected chi connectivity index (χ3v) is 2.82. The molecule has 0 atom stereocenters. The zero-order chi connectivity index (χ0) is 13.1. The van der Waals surface area contributed by atoms with Crippen LogP contribution in [0.15, 0.2) is 0 Å². The van der Waals surface area contributed by atoms with Crippen molar-refractivity contribution in [1.82, 2.24) is 9.80 Å². The lowest BCUT2D eigenvalue weighted by molar-refractivity contribution is -0.131. The summed E-state index contributed by atoms with van der Waals surface area (Å²) in [5, 5.41) is 0. The third-order valence-electron chi connectivity index (χ3n) is 2.34. The Morgan fingerprint density at radius 1 is 1.12 bits per heavy atom. The van der Waals surface area contributed by atoms with Gasteiger partial charge in [0.2, 0.25) is 0 Å². The van der Waals surface area contributed by atoms with Crippen molar-refractivity contribution < 1.29 is 14.3 Å². The van der Waals surface area contributed by atoms with E-state index in [2.05, 4.69) is 0 Å². The van der Waals surface area contributed by atoms with Gasteiger partial charge in [0.05, 0.1) is 6.61 Å². The lowest BCUT2D eigenvalue weighted by atomic mass is 10.3. The summed E-state index contributed by atoms with van der Waals surface area (Å²) in [6, 6.07) is 0. The topological polar surface area (TPSA) is 49.9 Å². The molecule has 8 heteroatoms. The number of rotatable bonds is 1. The molecule has 0 bridgehead atoms. The van der Waals surface area contributed by atoms with Crippen LogP contribution in [0.1, 0.15) is 6.92 Å². The van der Waals surface area contributed by atoms with E-state index in [1.807, 2.05) is 0 Å². The largest absolute Gasteiger partial charge is 0.450 e. The van der Waals surface area contributed by atoms with Crippen LogP contribution in [0.2, 0.25) is 0 Å². The highest BCUT2D eigenvalue weighted by Crippen LogP contribution is 2.28. The SMILES string of the molecule is CCOC(=O)N1CCN(C(=O)C(Cl)(Cl)Cl)CC1. The Morgan fingerprint density at radius 2 is 1.59 bits per heavy atom. The normalized spacial score (nSPS) is 16.9. The van der Waals surface area contributed by atoms with Crippen LogP contribution in [0, 0.1) is 0 Å². The fourth-order valence-electron chi connectivity index (χ4n) is 1.49. The second-order valence-electron chi connectivity index (χ2n) is 3.48. The van der Waals surface area contributed by atoms with Crippen LogP contribution >= 0.6 is 34.8 Å². The number of piperazine rings is 1. The van der Waals surface area contributed by atoms with Crippen LogP contribution in [0.3, 0.4) is 0 Å². The van der Waals surface area contributed by atoms with Gasteiger partial charge in [-0.3, -0.25) is 4.79 Å². The second kappa shape index (κ2) is 5.98. The van der Waals surface area contributed by atoms with Gasteiger partial charge in [0.15, 0.2) is 0 Å². The van der Waals surface area contributed by atoms with Crippen molar-refractivity contribution in [3.05, 3.63) is 0 Å². The van der Waals surface area contributed by atoms with Crippen LogP contribution in [-0.2, 0) is 9.53 Å². The molecule has 0 radical (unpaired) electrons. The molecule has 0 aromatic rings. The van der Waals surface area contributed by atoms with Crippen molar-refractivity contribution in [2.75, 3.05) is 32.8 Å². The molecule has 1 rings (SSSR count). The summed E-state index contributed by atoms with van der Waals surface area (Å²) < 4.78 is 2.91. The summed E-state index contributed by atoms with van der Waals surface area (Å²) in [6.07, 6.45) is -0.381. The number of carbonyl (C=O) groups is 2. The third kappa shape index (κ3) is 4.08. The van der Waals surface area contributed by atoms with Gasteiger partial charge in [-0.15, -0.1) is 0 Å². The average Bonchev–Trinajstić information content (AvgIpc) is 2.27. The Labute approximate surface area is 115 Å². The zero-order valence-electron chi connectivity index (χ0n) is 9.29. The molecule has 17 heavy (non-hydrogen) atoms. The summed E-state index contributed by atoms with van der Waals surface area (Å²) in [6.45, 7) is 3.50. The van der Waals surface area contributed by atoms with Crippen molar-refractivity contribution in [1.29, 1.82) is 0 Å². The minimum Gasteiger partial charge on any atom is -0.450 e. The quantitative estimate of drug-likeness (QED) is 0.692. The Hall–Kier alpha value is -0.390. The molecule has 0 spiro atoms. The van der Waals surface area contributed by atoms with Crippen molar-refractivity contribution >= 4 is 46.8 Å². The molecule has 0 aromatic carbocycles. The van der Waals surface area contributed by atoms with E-state index in [-0.39, 0.29) is 6.09 Å². The molecule has 1 saturated heterocycles. The molecule has 1 aliphatic rings. The minimum atomic E-state index is -1.94. The number of hydrogen-bond donors (Lipinski definition) is 0. The highest BCUT2D eigenvalue weighted by atomic mass is 35.6. The Kier molecular flexibility index (Phi) is 5.16. The monoisotopic (exact) mass is 302 g/mol. The van der Waals surface area contributed by atoms with Crippen molar-refractivity contribution in [2.45, 2.75) is 10.7 Å². The summed E-state index contributed by atoms with van der Waals surface area (Å²) >= 11 is 16.5. The van der Waals surface area contributed by atoms with Crippen LogP contribution in [0.4, 0.5) is 4.79 Å². The Balaban J connectivity index is 2.46. The molecule has 98 valence electrons. The lowest BCUT2D eigenvalue weighted by Crippen LogP contribution is -2.53. The number of halogens is 3. The molecule has 0 N–H and O–H groups in total. The van der Waals surface area contributed by atoms with E-state index < -0.39 is 9.70 Å². The molecule has 1 aliphatic heterocycles. The first-order chi connectivity index (χ1) is 7.86. The van der Waals surface area contributed by atoms with E-state index in [0.717, 1.165) is 0 Å². The van der Waals surface area contributed by atoms with Crippen molar-refractivity contribution in [3.63, 3.8) is 0 Å².